The number of benzene rings is 2. The zero-order valence-corrected chi connectivity index (χ0v) is 21.2. The molecule has 6 nitrogen and oxygen atoms in total. The van der Waals surface area contributed by atoms with Crippen LogP contribution in [0.2, 0.25) is 0 Å². The van der Waals surface area contributed by atoms with Crippen LogP contribution >= 0.6 is 11.8 Å². The van der Waals surface area contributed by atoms with Crippen molar-refractivity contribution in [2.24, 2.45) is 0 Å². The maximum Gasteiger partial charge on any atom is 0.230 e. The number of rotatable bonds is 10. The van der Waals surface area contributed by atoms with Crippen LogP contribution in [-0.4, -0.2) is 44.6 Å². The van der Waals surface area contributed by atoms with Crippen molar-refractivity contribution in [2.45, 2.75) is 56.3 Å². The molecule has 2 aliphatic rings. The molecule has 1 saturated carbocycles. The summed E-state index contributed by atoms with van der Waals surface area (Å²) in [6.45, 7) is 3.20. The van der Waals surface area contributed by atoms with Crippen LogP contribution in [0.1, 0.15) is 55.4 Å². The number of thioether (sulfide) groups is 1. The van der Waals surface area contributed by atoms with Crippen molar-refractivity contribution < 1.29 is 23.7 Å². The molecule has 0 saturated heterocycles. The fraction of sp³-hybridized carbons (Fsp3) is 0.519. The van der Waals surface area contributed by atoms with Crippen LogP contribution in [0.25, 0.3) is 0 Å². The van der Waals surface area contributed by atoms with Gasteiger partial charge in [0.15, 0.2) is 11.5 Å². The van der Waals surface area contributed by atoms with Crippen LogP contribution in [0.5, 0.6) is 23.0 Å². The lowest BCUT2D eigenvalue weighted by Crippen LogP contribution is -2.38. The molecule has 1 heterocycles. The minimum absolute atomic E-state index is 0.0555. The Kier molecular flexibility index (Phi) is 8.14. The van der Waals surface area contributed by atoms with Gasteiger partial charge in [-0.15, -0.1) is 11.8 Å². The van der Waals surface area contributed by atoms with Gasteiger partial charge >= 0.3 is 0 Å². The van der Waals surface area contributed by atoms with Crippen molar-refractivity contribution in [1.82, 2.24) is 5.32 Å². The molecule has 1 spiro atoms. The fourth-order valence-corrected chi connectivity index (χ4v) is 6.17. The van der Waals surface area contributed by atoms with E-state index in [-0.39, 0.29) is 16.8 Å². The van der Waals surface area contributed by atoms with Crippen molar-refractivity contribution >= 4 is 17.7 Å². The lowest BCUT2D eigenvalue weighted by molar-refractivity contribution is -0.118. The monoisotopic (exact) mass is 485 g/mol. The summed E-state index contributed by atoms with van der Waals surface area (Å²) < 4.78 is 22.9. The summed E-state index contributed by atoms with van der Waals surface area (Å²) in [6, 6.07) is 12.0. The number of hydrogen-bond acceptors (Lipinski definition) is 6. The van der Waals surface area contributed by atoms with Gasteiger partial charge in [-0.2, -0.15) is 0 Å². The third-order valence-corrected chi connectivity index (χ3v) is 7.89. The summed E-state index contributed by atoms with van der Waals surface area (Å²) in [5.41, 5.74) is 2.16. The van der Waals surface area contributed by atoms with Crippen LogP contribution < -0.4 is 24.3 Å². The predicted molar refractivity (Wildman–Crippen MR) is 136 cm³/mol. The average Bonchev–Trinajstić information content (AvgIpc) is 3.30. The smallest absolute Gasteiger partial charge is 0.230 e. The van der Waals surface area contributed by atoms with Gasteiger partial charge in [0.2, 0.25) is 5.91 Å². The number of hydrogen-bond donors (Lipinski definition) is 1. The minimum Gasteiger partial charge on any atom is -0.494 e. The van der Waals surface area contributed by atoms with Gasteiger partial charge in [-0.1, -0.05) is 6.07 Å². The molecule has 0 aromatic heterocycles. The first-order valence-corrected chi connectivity index (χ1v) is 13.2. The number of carbonyl (C=O) groups excluding carboxylic acids is 1. The molecule has 0 unspecified atom stereocenters. The fourth-order valence-electron chi connectivity index (χ4n) is 4.93. The maximum atomic E-state index is 12.7. The topological polar surface area (TPSA) is 66.0 Å². The molecule has 1 aliphatic heterocycles. The van der Waals surface area contributed by atoms with E-state index in [1.54, 1.807) is 26.0 Å². The van der Waals surface area contributed by atoms with E-state index in [1.165, 1.54) is 12.8 Å². The normalized spacial score (nSPS) is 18.1. The van der Waals surface area contributed by atoms with E-state index in [4.69, 9.17) is 18.9 Å². The van der Waals surface area contributed by atoms with E-state index >= 15 is 0 Å². The van der Waals surface area contributed by atoms with Crippen molar-refractivity contribution in [3.05, 3.63) is 47.5 Å². The molecular weight excluding hydrogens is 450 g/mol. The molecule has 1 aliphatic carbocycles. The molecule has 1 atom stereocenters. The second-order valence-corrected chi connectivity index (χ2v) is 10.1. The number of ether oxygens (including phenoxy) is 4. The zero-order chi connectivity index (χ0) is 24.0. The second-order valence-electron chi connectivity index (χ2n) is 8.92. The van der Waals surface area contributed by atoms with Gasteiger partial charge < -0.3 is 24.3 Å². The SMILES string of the molecule is CCOc1ccc2c(c1)[C@@H](SCC(=O)NCCc1ccc(OC)c(OC)c1)CC1(CCCC1)O2. The highest BCUT2D eigenvalue weighted by molar-refractivity contribution is 8.00. The summed E-state index contributed by atoms with van der Waals surface area (Å²) in [6.07, 6.45) is 6.28. The van der Waals surface area contributed by atoms with Crippen molar-refractivity contribution in [3.63, 3.8) is 0 Å². The third kappa shape index (κ3) is 5.74. The summed E-state index contributed by atoms with van der Waals surface area (Å²) in [5, 5.41) is 3.29. The number of carbonyl (C=O) groups is 1. The highest BCUT2D eigenvalue weighted by Crippen LogP contribution is 2.52. The third-order valence-electron chi connectivity index (χ3n) is 6.64. The van der Waals surface area contributed by atoms with Gasteiger partial charge in [0.25, 0.3) is 0 Å². The van der Waals surface area contributed by atoms with Crippen LogP contribution in [0.15, 0.2) is 36.4 Å². The quantitative estimate of drug-likeness (QED) is 0.491. The van der Waals surface area contributed by atoms with Crippen molar-refractivity contribution in [2.75, 3.05) is 33.1 Å². The average molecular weight is 486 g/mol. The van der Waals surface area contributed by atoms with Crippen molar-refractivity contribution in [1.29, 1.82) is 0 Å². The van der Waals surface area contributed by atoms with Gasteiger partial charge in [0, 0.05) is 23.8 Å². The Labute approximate surface area is 206 Å². The van der Waals surface area contributed by atoms with Crippen LogP contribution in [0.4, 0.5) is 0 Å². The lowest BCUT2D eigenvalue weighted by Gasteiger charge is -2.40. The van der Waals surface area contributed by atoms with Gasteiger partial charge in [0.1, 0.15) is 17.1 Å². The number of fused-ring (bicyclic) bond motifs is 1. The molecule has 34 heavy (non-hydrogen) atoms. The van der Waals surface area contributed by atoms with E-state index < -0.39 is 0 Å². The van der Waals surface area contributed by atoms with Gasteiger partial charge in [-0.3, -0.25) is 4.79 Å². The van der Waals surface area contributed by atoms with E-state index in [2.05, 4.69) is 11.4 Å². The first-order valence-electron chi connectivity index (χ1n) is 12.1. The first-order chi connectivity index (χ1) is 16.6. The van der Waals surface area contributed by atoms with E-state index in [0.29, 0.717) is 30.4 Å². The van der Waals surface area contributed by atoms with Crippen molar-refractivity contribution in [3.8, 4) is 23.0 Å². The second kappa shape index (κ2) is 11.3. The number of methoxy groups -OCH3 is 2. The Morgan fingerprint density at radius 2 is 1.91 bits per heavy atom. The van der Waals surface area contributed by atoms with E-state index in [1.807, 2.05) is 37.3 Å². The largest absolute Gasteiger partial charge is 0.494 e. The summed E-state index contributed by atoms with van der Waals surface area (Å²) in [4.78, 5) is 12.7. The van der Waals surface area contributed by atoms with E-state index in [9.17, 15) is 4.79 Å². The van der Waals surface area contributed by atoms with Gasteiger partial charge in [0.05, 0.1) is 26.6 Å². The molecule has 1 fully saturated rings. The molecule has 184 valence electrons. The number of nitrogens with one attached hydrogen (secondary N) is 1. The minimum atomic E-state index is -0.0817. The first kappa shape index (κ1) is 24.6. The molecule has 7 heteroatoms. The molecule has 0 bridgehead atoms. The van der Waals surface area contributed by atoms with Crippen LogP contribution in [0, 0.1) is 0 Å². The van der Waals surface area contributed by atoms with Crippen LogP contribution in [-0.2, 0) is 11.2 Å². The molecule has 0 radical (unpaired) electrons. The van der Waals surface area contributed by atoms with E-state index in [0.717, 1.165) is 48.3 Å². The van der Waals surface area contributed by atoms with Crippen LogP contribution in [0.3, 0.4) is 0 Å². The highest BCUT2D eigenvalue weighted by Gasteiger charge is 2.43. The molecular formula is C27H35NO5S. The molecule has 1 N–H and O–H groups in total. The molecule has 2 aromatic rings. The summed E-state index contributed by atoms with van der Waals surface area (Å²) >= 11 is 1.71. The van der Waals surface area contributed by atoms with Gasteiger partial charge in [-0.05, 0) is 74.9 Å². The molecule has 1 amide bonds. The summed E-state index contributed by atoms with van der Waals surface area (Å²) in [7, 11) is 3.25. The lowest BCUT2D eigenvalue weighted by atomic mass is 9.89. The Morgan fingerprint density at radius 1 is 1.12 bits per heavy atom. The molecule has 2 aromatic carbocycles. The molecule has 4 rings (SSSR count). The standard InChI is InChI=1S/C27H35NO5S/c1-4-32-20-8-10-22-21(16-20)25(17-27(33-22)12-5-6-13-27)34-18-26(29)28-14-11-19-7-9-23(30-2)24(15-19)31-3/h7-10,15-16,25H,4-6,11-14,17-18H2,1-3H3,(H,28,29)/t25-/m0/s1. The van der Waals surface area contributed by atoms with Gasteiger partial charge in [-0.25, -0.2) is 0 Å². The Hall–Kier alpha value is -2.54. The predicted octanol–water partition coefficient (Wildman–Crippen LogP) is 5.33. The zero-order valence-electron chi connectivity index (χ0n) is 20.4. The summed E-state index contributed by atoms with van der Waals surface area (Å²) in [5.74, 6) is 3.69. The Bertz CT molecular complexity index is 989. The number of amides is 1. The Morgan fingerprint density at radius 3 is 2.65 bits per heavy atom. The highest BCUT2D eigenvalue weighted by atomic mass is 32.2. The Balaban J connectivity index is 1.34. The maximum absolute atomic E-state index is 12.7.